The number of benzene rings is 1. The fraction of sp³-hybridized carbons (Fsp3) is 0.375. The molecule has 2 amide bonds. The maximum atomic E-state index is 11.9. The first-order valence-electron chi connectivity index (χ1n) is 7.20. The van der Waals surface area contributed by atoms with Gasteiger partial charge in [-0.25, -0.2) is 4.79 Å². The molecular formula is C16H19N2O5+. The van der Waals surface area contributed by atoms with Crippen molar-refractivity contribution in [3.8, 4) is 0 Å². The Morgan fingerprint density at radius 2 is 1.70 bits per heavy atom. The Hall–Kier alpha value is -2.70. The molecule has 1 heterocycles. The Morgan fingerprint density at radius 3 is 2.17 bits per heavy atom. The molecule has 1 aromatic carbocycles. The zero-order valence-electron chi connectivity index (χ0n) is 13.3. The normalized spacial score (nSPS) is 16.0. The van der Waals surface area contributed by atoms with E-state index in [-0.39, 0.29) is 18.4 Å². The molecule has 7 nitrogen and oxygen atoms in total. The topological polar surface area (TPSA) is 86.9 Å². The minimum Gasteiger partial charge on any atom is -0.325 e. The number of carbonyl (C=O) groups is 3. The number of imide groups is 1. The summed E-state index contributed by atoms with van der Waals surface area (Å²) in [6.45, 7) is 5.54. The second-order valence-corrected chi connectivity index (χ2v) is 6.23. The van der Waals surface area contributed by atoms with Crippen LogP contribution in [-0.2, 0) is 14.4 Å². The van der Waals surface area contributed by atoms with Gasteiger partial charge < -0.3 is 4.84 Å². The molecule has 0 spiro atoms. The molecule has 0 unspecified atom stereocenters. The summed E-state index contributed by atoms with van der Waals surface area (Å²) in [4.78, 5) is 39.6. The van der Waals surface area contributed by atoms with E-state index in [1.54, 1.807) is 12.1 Å². The molecule has 1 saturated heterocycles. The molecule has 1 aliphatic rings. The molecule has 1 aromatic rings. The van der Waals surface area contributed by atoms with E-state index in [4.69, 9.17) is 4.84 Å². The molecule has 2 rings (SSSR count). The van der Waals surface area contributed by atoms with Gasteiger partial charge in [-0.3, -0.25) is 14.8 Å². The zero-order chi connectivity index (χ0) is 17.2. The minimum atomic E-state index is -0.781. The van der Waals surface area contributed by atoms with Crippen LogP contribution in [-0.4, -0.2) is 44.5 Å². The molecule has 7 heteroatoms. The van der Waals surface area contributed by atoms with Gasteiger partial charge in [0.2, 0.25) is 11.8 Å². The molecule has 0 radical (unpaired) electrons. The van der Waals surface area contributed by atoms with Crippen molar-refractivity contribution in [2.45, 2.75) is 39.2 Å². The number of hydroxylamine groups is 3. The first kappa shape index (κ1) is 16.7. The molecule has 1 fully saturated rings. The van der Waals surface area contributed by atoms with Crippen LogP contribution in [0, 0.1) is 0 Å². The predicted molar refractivity (Wildman–Crippen MR) is 79.9 cm³/mol. The molecule has 0 saturated carbocycles. The smallest absolute Gasteiger partial charge is 0.325 e. The standard InChI is InChI=1S/C16H19N2O5/c1-16(2,3)17(22)10-11-4-6-12(7-5-11)15(21)23-18-13(19)8-9-14(18)20/h4-7,10,22H,8-9H2,1-3H3/q+1. The third-order valence-electron chi connectivity index (χ3n) is 3.29. The van der Waals surface area contributed by atoms with E-state index in [0.29, 0.717) is 10.6 Å². The molecule has 1 aliphatic heterocycles. The molecule has 122 valence electrons. The highest BCUT2D eigenvalue weighted by Gasteiger charge is 2.33. The lowest BCUT2D eigenvalue weighted by Crippen LogP contribution is -2.32. The molecular weight excluding hydrogens is 300 g/mol. The first-order valence-corrected chi connectivity index (χ1v) is 7.20. The van der Waals surface area contributed by atoms with Gasteiger partial charge in [0, 0.05) is 39.2 Å². The molecule has 1 N–H and O–H groups in total. The highest BCUT2D eigenvalue weighted by atomic mass is 16.7. The predicted octanol–water partition coefficient (Wildman–Crippen LogP) is 1.53. The van der Waals surface area contributed by atoms with Gasteiger partial charge in [-0.05, 0) is 29.0 Å². The van der Waals surface area contributed by atoms with Gasteiger partial charge in [-0.15, -0.1) is 5.06 Å². The Labute approximate surface area is 133 Å². The summed E-state index contributed by atoms with van der Waals surface area (Å²) < 4.78 is 1.07. The summed E-state index contributed by atoms with van der Waals surface area (Å²) in [7, 11) is 0. The molecule has 0 bridgehead atoms. The SMILES string of the molecule is CC(C)(C)[N+](O)=Cc1ccc(C(=O)ON2C(=O)CCC2=O)cc1. The van der Waals surface area contributed by atoms with E-state index >= 15 is 0 Å². The highest BCUT2D eigenvalue weighted by molar-refractivity contribution is 6.02. The average molecular weight is 319 g/mol. The van der Waals surface area contributed by atoms with Crippen molar-refractivity contribution in [3.63, 3.8) is 0 Å². The molecule has 0 aromatic heterocycles. The van der Waals surface area contributed by atoms with E-state index in [2.05, 4.69) is 0 Å². The van der Waals surface area contributed by atoms with Crippen LogP contribution in [0.5, 0.6) is 0 Å². The highest BCUT2D eigenvalue weighted by Crippen LogP contribution is 2.14. The van der Waals surface area contributed by atoms with Crippen molar-refractivity contribution in [2.75, 3.05) is 0 Å². The van der Waals surface area contributed by atoms with E-state index < -0.39 is 23.3 Å². The van der Waals surface area contributed by atoms with Crippen molar-refractivity contribution in [3.05, 3.63) is 35.4 Å². The van der Waals surface area contributed by atoms with Crippen LogP contribution in [0.2, 0.25) is 0 Å². The third-order valence-corrected chi connectivity index (χ3v) is 3.29. The van der Waals surface area contributed by atoms with Crippen LogP contribution in [0.3, 0.4) is 0 Å². The summed E-state index contributed by atoms with van der Waals surface area (Å²) in [5.41, 5.74) is 0.441. The number of amides is 2. The lowest BCUT2D eigenvalue weighted by atomic mass is 10.1. The Bertz CT molecular complexity index is 655. The Balaban J connectivity index is 2.09. The lowest BCUT2D eigenvalue weighted by Gasteiger charge is -2.12. The van der Waals surface area contributed by atoms with Gasteiger partial charge in [-0.2, -0.15) is 0 Å². The van der Waals surface area contributed by atoms with Gasteiger partial charge in [0.15, 0.2) is 0 Å². The maximum absolute atomic E-state index is 11.9. The summed E-state index contributed by atoms with van der Waals surface area (Å²) in [6, 6.07) is 6.24. The quantitative estimate of drug-likeness (QED) is 0.300. The zero-order valence-corrected chi connectivity index (χ0v) is 13.3. The van der Waals surface area contributed by atoms with Crippen molar-refractivity contribution in [2.24, 2.45) is 0 Å². The van der Waals surface area contributed by atoms with E-state index in [1.807, 2.05) is 20.8 Å². The van der Waals surface area contributed by atoms with Crippen LogP contribution in [0.1, 0.15) is 49.5 Å². The fourth-order valence-corrected chi connectivity index (χ4v) is 1.83. The molecule has 23 heavy (non-hydrogen) atoms. The number of hydrogen-bond acceptors (Lipinski definition) is 5. The third kappa shape index (κ3) is 3.94. The Kier molecular flexibility index (Phi) is 4.49. The van der Waals surface area contributed by atoms with Crippen molar-refractivity contribution in [1.29, 1.82) is 0 Å². The second kappa shape index (κ2) is 6.20. The van der Waals surface area contributed by atoms with Crippen LogP contribution in [0.4, 0.5) is 0 Å². The van der Waals surface area contributed by atoms with E-state index in [1.165, 1.54) is 18.3 Å². The summed E-state index contributed by atoms with van der Waals surface area (Å²) >= 11 is 0. The van der Waals surface area contributed by atoms with Gasteiger partial charge >= 0.3 is 5.97 Å². The first-order chi connectivity index (χ1) is 10.7. The van der Waals surface area contributed by atoms with Crippen LogP contribution >= 0.6 is 0 Å². The van der Waals surface area contributed by atoms with Crippen LogP contribution in [0.25, 0.3) is 0 Å². The van der Waals surface area contributed by atoms with Gasteiger partial charge in [-0.1, -0.05) is 0 Å². The van der Waals surface area contributed by atoms with Gasteiger partial charge in [0.1, 0.15) is 0 Å². The molecule has 0 aliphatic carbocycles. The number of rotatable bonds is 3. The van der Waals surface area contributed by atoms with E-state index in [0.717, 1.165) is 4.74 Å². The number of hydrogen-bond donors (Lipinski definition) is 1. The summed E-state index contributed by atoms with van der Waals surface area (Å²) in [6.07, 6.45) is 1.64. The second-order valence-electron chi connectivity index (χ2n) is 6.23. The van der Waals surface area contributed by atoms with Crippen molar-refractivity contribution < 1.29 is 29.2 Å². The minimum absolute atomic E-state index is 0.0547. The summed E-state index contributed by atoms with van der Waals surface area (Å²) in [5.74, 6) is -1.82. The maximum Gasteiger partial charge on any atom is 0.363 e. The van der Waals surface area contributed by atoms with Gasteiger partial charge in [0.25, 0.3) is 11.8 Å². The fourth-order valence-electron chi connectivity index (χ4n) is 1.83. The summed E-state index contributed by atoms with van der Waals surface area (Å²) in [5, 5.41) is 10.4. The largest absolute Gasteiger partial charge is 0.363 e. The number of carbonyl (C=O) groups excluding carboxylic acids is 3. The van der Waals surface area contributed by atoms with Crippen LogP contribution in [0.15, 0.2) is 24.3 Å². The van der Waals surface area contributed by atoms with Crippen molar-refractivity contribution >= 4 is 24.0 Å². The number of nitrogens with zero attached hydrogens (tertiary/aromatic N) is 2. The Morgan fingerprint density at radius 1 is 1.17 bits per heavy atom. The molecule has 0 atom stereocenters. The van der Waals surface area contributed by atoms with Crippen LogP contribution < -0.4 is 0 Å². The lowest BCUT2D eigenvalue weighted by molar-refractivity contribution is -0.816. The van der Waals surface area contributed by atoms with E-state index in [9.17, 15) is 19.6 Å². The average Bonchev–Trinajstić information content (AvgIpc) is 2.79. The monoisotopic (exact) mass is 319 g/mol. The van der Waals surface area contributed by atoms with Gasteiger partial charge in [0.05, 0.1) is 5.56 Å². The van der Waals surface area contributed by atoms with Crippen molar-refractivity contribution in [1.82, 2.24) is 5.06 Å².